The van der Waals surface area contributed by atoms with Crippen molar-refractivity contribution in [2.75, 3.05) is 13.2 Å². The Bertz CT molecular complexity index is 1600. The van der Waals surface area contributed by atoms with Crippen molar-refractivity contribution in [3.05, 3.63) is 94.1 Å². The first-order valence-electron chi connectivity index (χ1n) is 15.2. The molecular formula is C35H34F6O4. The molecule has 0 N–H and O–H groups in total. The van der Waals surface area contributed by atoms with E-state index >= 15 is 8.78 Å². The third-order valence-corrected chi connectivity index (χ3v) is 8.71. The fraction of sp³-hybridized carbons (Fsp3) is 0.400. The molecule has 5 rings (SSSR count). The second kappa shape index (κ2) is 14.0. The van der Waals surface area contributed by atoms with Gasteiger partial charge >= 0.3 is 5.97 Å². The van der Waals surface area contributed by atoms with Gasteiger partial charge in [-0.05, 0) is 112 Å². The quantitative estimate of drug-likeness (QED) is 0.134. The lowest BCUT2D eigenvalue weighted by Gasteiger charge is -2.28. The zero-order valence-electron chi connectivity index (χ0n) is 25.0. The maximum Gasteiger partial charge on any atom is 0.314 e. The summed E-state index contributed by atoms with van der Waals surface area (Å²) in [5, 5.41) is 0. The third-order valence-electron chi connectivity index (χ3n) is 8.71. The minimum Gasteiger partial charge on any atom is -0.491 e. The lowest BCUT2D eigenvalue weighted by Crippen LogP contribution is -2.26. The summed E-state index contributed by atoms with van der Waals surface area (Å²) in [6.07, 6.45) is 4.09. The van der Waals surface area contributed by atoms with Crippen LogP contribution in [-0.2, 0) is 4.79 Å². The topological polar surface area (TPSA) is 44.8 Å². The molecular weight excluding hydrogens is 598 g/mol. The Morgan fingerprint density at radius 1 is 0.644 bits per heavy atom. The zero-order valence-corrected chi connectivity index (χ0v) is 25.0. The van der Waals surface area contributed by atoms with Crippen molar-refractivity contribution >= 4 is 11.5 Å². The average molecular weight is 633 g/mol. The van der Waals surface area contributed by atoms with Gasteiger partial charge in [-0.3, -0.25) is 4.79 Å². The summed E-state index contributed by atoms with van der Waals surface area (Å²) >= 11 is 0. The van der Waals surface area contributed by atoms with Gasteiger partial charge < -0.3 is 14.2 Å². The van der Waals surface area contributed by atoms with Crippen molar-refractivity contribution in [1.29, 1.82) is 0 Å². The summed E-state index contributed by atoms with van der Waals surface area (Å²) in [4.78, 5) is 12.8. The molecule has 1 atom stereocenters. The summed E-state index contributed by atoms with van der Waals surface area (Å²) in [5.41, 5.74) is 0.996. The number of esters is 1. The smallest absolute Gasteiger partial charge is 0.314 e. The highest BCUT2D eigenvalue weighted by atomic mass is 19.2. The SMILES string of the molecule is CCOc1ccc(C2=CCC(c3ccc(OC(=O)C4CCC(c5ccc(OCC)c(F)c5F)CC4)c(F)c3F)CC2)c(F)c1F. The number of rotatable bonds is 9. The van der Waals surface area contributed by atoms with E-state index in [0.717, 1.165) is 0 Å². The van der Waals surface area contributed by atoms with Gasteiger partial charge in [0.25, 0.3) is 0 Å². The van der Waals surface area contributed by atoms with Crippen LogP contribution in [0.2, 0.25) is 0 Å². The van der Waals surface area contributed by atoms with E-state index in [-0.39, 0.29) is 53.7 Å². The van der Waals surface area contributed by atoms with Crippen molar-refractivity contribution in [2.45, 2.75) is 70.6 Å². The van der Waals surface area contributed by atoms with Crippen molar-refractivity contribution in [2.24, 2.45) is 5.92 Å². The van der Waals surface area contributed by atoms with Crippen molar-refractivity contribution < 1.29 is 45.3 Å². The molecule has 45 heavy (non-hydrogen) atoms. The highest BCUT2D eigenvalue weighted by Gasteiger charge is 2.32. The molecule has 0 aliphatic heterocycles. The molecule has 1 unspecified atom stereocenters. The number of allylic oxidation sites excluding steroid dienone is 2. The molecule has 1 saturated carbocycles. The van der Waals surface area contributed by atoms with Gasteiger partial charge in [-0.2, -0.15) is 13.2 Å². The summed E-state index contributed by atoms with van der Waals surface area (Å²) in [6.45, 7) is 3.73. The van der Waals surface area contributed by atoms with Gasteiger partial charge in [0.1, 0.15) is 0 Å². The lowest BCUT2D eigenvalue weighted by atomic mass is 9.78. The number of benzene rings is 3. The standard InChI is InChI=1S/C35H34F6O4/c1-3-43-26-16-13-23(29(36)32(26)39)19-5-7-20(8-6-19)25-15-18-28(34(41)31(25)38)45-35(42)22-11-9-21(10-12-22)24-14-17-27(44-4-2)33(40)30(24)37/h5,13-18,20-22H,3-4,6-12H2,1-2H3. The van der Waals surface area contributed by atoms with Crippen molar-refractivity contribution in [1.82, 2.24) is 0 Å². The number of ether oxygens (including phenoxy) is 3. The molecule has 10 heteroatoms. The normalized spacial score (nSPS) is 20.0. The Kier molecular flexibility index (Phi) is 10.1. The van der Waals surface area contributed by atoms with Crippen LogP contribution in [0.15, 0.2) is 42.5 Å². The minimum absolute atomic E-state index is 0.103. The van der Waals surface area contributed by atoms with E-state index < -0.39 is 58.5 Å². The fourth-order valence-electron chi connectivity index (χ4n) is 6.31. The predicted molar refractivity (Wildman–Crippen MR) is 156 cm³/mol. The van der Waals surface area contributed by atoms with E-state index in [2.05, 4.69) is 0 Å². The molecule has 240 valence electrons. The van der Waals surface area contributed by atoms with E-state index in [1.165, 1.54) is 36.4 Å². The van der Waals surface area contributed by atoms with Crippen molar-refractivity contribution in [3.8, 4) is 17.2 Å². The molecule has 0 radical (unpaired) electrons. The van der Waals surface area contributed by atoms with Crippen LogP contribution >= 0.6 is 0 Å². The second-order valence-corrected chi connectivity index (χ2v) is 11.3. The second-order valence-electron chi connectivity index (χ2n) is 11.3. The molecule has 3 aromatic carbocycles. The Morgan fingerprint density at radius 2 is 1.18 bits per heavy atom. The van der Waals surface area contributed by atoms with Gasteiger partial charge in [0.2, 0.25) is 17.5 Å². The number of carbonyl (C=O) groups excluding carboxylic acids is 1. The molecule has 0 saturated heterocycles. The molecule has 2 aliphatic rings. The Labute approximate surface area is 258 Å². The molecule has 1 fully saturated rings. The molecule has 2 aliphatic carbocycles. The Balaban J connectivity index is 1.20. The number of hydrogen-bond acceptors (Lipinski definition) is 4. The van der Waals surface area contributed by atoms with E-state index in [1.54, 1.807) is 19.9 Å². The molecule has 0 aromatic heterocycles. The van der Waals surface area contributed by atoms with Crippen LogP contribution in [0.3, 0.4) is 0 Å². The minimum atomic E-state index is -1.28. The maximum atomic E-state index is 15.2. The summed E-state index contributed by atoms with van der Waals surface area (Å²) in [7, 11) is 0. The van der Waals surface area contributed by atoms with Gasteiger partial charge in [-0.15, -0.1) is 0 Å². The van der Waals surface area contributed by atoms with Gasteiger partial charge in [0, 0.05) is 5.56 Å². The van der Waals surface area contributed by atoms with Gasteiger partial charge in [-0.25, -0.2) is 13.2 Å². The van der Waals surface area contributed by atoms with Crippen LogP contribution in [-0.4, -0.2) is 19.2 Å². The van der Waals surface area contributed by atoms with Crippen LogP contribution in [0.4, 0.5) is 26.3 Å². The largest absolute Gasteiger partial charge is 0.491 e. The first-order valence-corrected chi connectivity index (χ1v) is 15.2. The van der Waals surface area contributed by atoms with Crippen molar-refractivity contribution in [3.63, 3.8) is 0 Å². The Morgan fingerprint density at radius 3 is 1.76 bits per heavy atom. The molecule has 4 nitrogen and oxygen atoms in total. The van der Waals surface area contributed by atoms with Crippen LogP contribution in [0.25, 0.3) is 5.57 Å². The van der Waals surface area contributed by atoms with Gasteiger partial charge in [0.05, 0.1) is 19.1 Å². The lowest BCUT2D eigenvalue weighted by molar-refractivity contribution is -0.140. The third kappa shape index (κ3) is 6.70. The number of halogens is 6. The van der Waals surface area contributed by atoms with Crippen LogP contribution in [0.5, 0.6) is 17.2 Å². The van der Waals surface area contributed by atoms with Gasteiger partial charge in [0.15, 0.2) is 34.7 Å². The van der Waals surface area contributed by atoms with Gasteiger partial charge in [-0.1, -0.05) is 18.2 Å². The fourth-order valence-corrected chi connectivity index (χ4v) is 6.31. The van der Waals surface area contributed by atoms with Crippen LogP contribution in [0.1, 0.15) is 87.3 Å². The zero-order chi connectivity index (χ0) is 32.2. The van der Waals surface area contributed by atoms with Crippen LogP contribution < -0.4 is 14.2 Å². The molecule has 0 amide bonds. The van der Waals surface area contributed by atoms with E-state index in [0.29, 0.717) is 44.1 Å². The summed E-state index contributed by atoms with van der Waals surface area (Å²) in [5.74, 6) is -9.39. The number of hydrogen-bond donors (Lipinski definition) is 0. The molecule has 3 aromatic rings. The Hall–Kier alpha value is -3.95. The first-order chi connectivity index (χ1) is 21.6. The monoisotopic (exact) mass is 632 g/mol. The molecule has 0 heterocycles. The van der Waals surface area contributed by atoms with E-state index in [1.807, 2.05) is 0 Å². The number of carbonyl (C=O) groups is 1. The van der Waals surface area contributed by atoms with E-state index in [9.17, 15) is 22.4 Å². The average Bonchev–Trinajstić information content (AvgIpc) is 3.05. The maximum absolute atomic E-state index is 15.2. The molecule has 0 bridgehead atoms. The molecule has 0 spiro atoms. The predicted octanol–water partition coefficient (Wildman–Crippen LogP) is 9.55. The highest BCUT2D eigenvalue weighted by Crippen LogP contribution is 2.42. The highest BCUT2D eigenvalue weighted by molar-refractivity contribution is 5.75. The summed E-state index contributed by atoms with van der Waals surface area (Å²) in [6, 6.07) is 8.30. The summed E-state index contributed by atoms with van der Waals surface area (Å²) < 4.78 is 104. The first kappa shape index (κ1) is 32.4. The van der Waals surface area contributed by atoms with E-state index in [4.69, 9.17) is 14.2 Å². The van der Waals surface area contributed by atoms with Crippen LogP contribution in [0, 0.1) is 40.8 Å².